The lowest BCUT2D eigenvalue weighted by molar-refractivity contribution is 0.0954. The summed E-state index contributed by atoms with van der Waals surface area (Å²) in [4.78, 5) is 13.4. The fourth-order valence-electron chi connectivity index (χ4n) is 1.60. The second-order valence-corrected chi connectivity index (χ2v) is 4.17. The summed E-state index contributed by atoms with van der Waals surface area (Å²) >= 11 is 0. The summed E-state index contributed by atoms with van der Waals surface area (Å²) in [5.74, 6) is 0. The topological polar surface area (TPSA) is 41.6 Å². The molecule has 0 aliphatic rings. The zero-order valence-corrected chi connectivity index (χ0v) is 11.3. The van der Waals surface area contributed by atoms with Crippen molar-refractivity contribution >= 4 is 6.09 Å². The number of nitrogens with zero attached hydrogens (tertiary/aromatic N) is 1. The molecule has 1 amide bonds. The van der Waals surface area contributed by atoms with Gasteiger partial charge in [0.15, 0.2) is 0 Å². The molecule has 1 N–H and O–H groups in total. The van der Waals surface area contributed by atoms with Gasteiger partial charge in [-0.15, -0.1) is 0 Å². The van der Waals surface area contributed by atoms with E-state index in [2.05, 4.69) is 5.32 Å². The van der Waals surface area contributed by atoms with Gasteiger partial charge in [-0.05, 0) is 19.0 Å². The predicted octanol–water partition coefficient (Wildman–Crippen LogP) is 2.20. The number of carbonyl (C=O) groups is 1. The molecule has 0 aliphatic carbocycles. The number of alkyl halides is 1. The summed E-state index contributed by atoms with van der Waals surface area (Å²) in [6, 6.07) is 9.49. The Morgan fingerprint density at radius 2 is 2.05 bits per heavy atom. The van der Waals surface area contributed by atoms with Crippen LogP contribution in [0, 0.1) is 0 Å². The van der Waals surface area contributed by atoms with Crippen molar-refractivity contribution in [3.05, 3.63) is 35.9 Å². The lowest BCUT2D eigenvalue weighted by Crippen LogP contribution is -2.37. The van der Waals surface area contributed by atoms with Crippen LogP contribution in [0.15, 0.2) is 30.3 Å². The fraction of sp³-hybridized carbons (Fsp3) is 0.500. The van der Waals surface area contributed by atoms with Crippen LogP contribution in [0.5, 0.6) is 0 Å². The number of rotatable bonds is 8. The normalized spacial score (nSPS) is 10.2. The maximum Gasteiger partial charge on any atom is 0.410 e. The highest BCUT2D eigenvalue weighted by Crippen LogP contribution is 2.04. The summed E-state index contributed by atoms with van der Waals surface area (Å²) in [5.41, 5.74) is 0.940. The van der Waals surface area contributed by atoms with Gasteiger partial charge in [0.25, 0.3) is 0 Å². The minimum Gasteiger partial charge on any atom is -0.445 e. The summed E-state index contributed by atoms with van der Waals surface area (Å²) < 4.78 is 17.4. The maximum atomic E-state index is 12.2. The van der Waals surface area contributed by atoms with Crippen LogP contribution in [0.2, 0.25) is 0 Å². The Balaban J connectivity index is 2.41. The number of carbonyl (C=O) groups excluding carboxylic acids is 1. The van der Waals surface area contributed by atoms with Crippen LogP contribution in [0.25, 0.3) is 0 Å². The van der Waals surface area contributed by atoms with Gasteiger partial charge in [0.1, 0.15) is 6.61 Å². The highest BCUT2D eigenvalue weighted by Gasteiger charge is 2.14. The van der Waals surface area contributed by atoms with Crippen molar-refractivity contribution in [2.45, 2.75) is 13.0 Å². The van der Waals surface area contributed by atoms with Gasteiger partial charge in [-0.2, -0.15) is 0 Å². The van der Waals surface area contributed by atoms with Crippen LogP contribution in [-0.4, -0.2) is 44.3 Å². The third-order valence-electron chi connectivity index (χ3n) is 2.66. The molecule has 0 saturated carbocycles. The smallest absolute Gasteiger partial charge is 0.410 e. The number of likely N-dealkylation sites (N-methyl/N-ethyl adjacent to an activating group) is 1. The first-order valence-corrected chi connectivity index (χ1v) is 6.44. The molecule has 0 heterocycles. The van der Waals surface area contributed by atoms with Gasteiger partial charge in [-0.25, -0.2) is 4.79 Å². The average Bonchev–Trinajstić information content (AvgIpc) is 2.46. The molecule has 0 bridgehead atoms. The van der Waals surface area contributed by atoms with Gasteiger partial charge in [0, 0.05) is 19.6 Å². The molecule has 0 saturated heterocycles. The molecule has 0 aliphatic heterocycles. The van der Waals surface area contributed by atoms with Crippen molar-refractivity contribution in [1.29, 1.82) is 0 Å². The van der Waals surface area contributed by atoms with Crippen LogP contribution in [0.3, 0.4) is 0 Å². The number of ether oxygens (including phenoxy) is 1. The zero-order chi connectivity index (χ0) is 13.9. The summed E-state index contributed by atoms with van der Waals surface area (Å²) in [6.07, 6.45) is -0.0583. The molecule has 0 radical (unpaired) electrons. The van der Waals surface area contributed by atoms with Crippen molar-refractivity contribution in [1.82, 2.24) is 10.2 Å². The SMILES string of the molecule is CNCCN(CCCF)C(=O)OCc1ccccc1. The van der Waals surface area contributed by atoms with Crippen molar-refractivity contribution < 1.29 is 13.9 Å². The van der Waals surface area contributed by atoms with E-state index in [1.807, 2.05) is 37.4 Å². The molecule has 1 aromatic carbocycles. The van der Waals surface area contributed by atoms with Crippen molar-refractivity contribution in [2.24, 2.45) is 0 Å². The quantitative estimate of drug-likeness (QED) is 0.786. The summed E-state index contributed by atoms with van der Waals surface area (Å²) in [5, 5.41) is 2.96. The van der Waals surface area contributed by atoms with Gasteiger partial charge in [0.05, 0.1) is 6.67 Å². The second-order valence-electron chi connectivity index (χ2n) is 4.17. The van der Waals surface area contributed by atoms with E-state index in [1.54, 1.807) is 0 Å². The van der Waals surface area contributed by atoms with Crippen molar-refractivity contribution in [3.63, 3.8) is 0 Å². The van der Waals surface area contributed by atoms with Crippen LogP contribution < -0.4 is 5.32 Å². The monoisotopic (exact) mass is 268 g/mol. The molecule has 19 heavy (non-hydrogen) atoms. The minimum absolute atomic E-state index is 0.241. The standard InChI is InChI=1S/C14H21FN2O2/c1-16-9-11-17(10-5-8-15)14(18)19-12-13-6-3-2-4-7-13/h2-4,6-7,16H,5,8-12H2,1H3. The Bertz CT molecular complexity index is 352. The first-order chi connectivity index (χ1) is 9.27. The van der Waals surface area contributed by atoms with Crippen LogP contribution in [0.4, 0.5) is 9.18 Å². The Morgan fingerprint density at radius 1 is 1.32 bits per heavy atom. The molecule has 0 spiro atoms. The molecular weight excluding hydrogens is 247 g/mol. The molecule has 5 heteroatoms. The highest BCUT2D eigenvalue weighted by molar-refractivity contribution is 5.67. The van der Waals surface area contributed by atoms with E-state index in [-0.39, 0.29) is 6.61 Å². The van der Waals surface area contributed by atoms with E-state index in [4.69, 9.17) is 4.74 Å². The third-order valence-corrected chi connectivity index (χ3v) is 2.66. The van der Waals surface area contributed by atoms with Gasteiger partial charge in [0.2, 0.25) is 0 Å². The van der Waals surface area contributed by atoms with Gasteiger partial charge < -0.3 is 15.0 Å². The average molecular weight is 268 g/mol. The van der Waals surface area contributed by atoms with E-state index in [0.717, 1.165) is 5.56 Å². The van der Waals surface area contributed by atoms with Gasteiger partial charge in [-0.3, -0.25) is 4.39 Å². The Morgan fingerprint density at radius 3 is 2.68 bits per heavy atom. The van der Waals surface area contributed by atoms with E-state index in [9.17, 15) is 9.18 Å². The van der Waals surface area contributed by atoms with Crippen molar-refractivity contribution in [2.75, 3.05) is 33.4 Å². The van der Waals surface area contributed by atoms with Crippen LogP contribution in [0.1, 0.15) is 12.0 Å². The van der Waals surface area contributed by atoms with Gasteiger partial charge >= 0.3 is 6.09 Å². The van der Waals surface area contributed by atoms with Crippen LogP contribution >= 0.6 is 0 Å². The molecule has 1 rings (SSSR count). The number of halogens is 1. The van der Waals surface area contributed by atoms with Gasteiger partial charge in [-0.1, -0.05) is 30.3 Å². The zero-order valence-electron chi connectivity index (χ0n) is 11.3. The molecule has 0 atom stereocenters. The Kier molecular flexibility index (Phi) is 7.58. The molecule has 4 nitrogen and oxygen atoms in total. The number of hydrogen-bond donors (Lipinski definition) is 1. The third kappa shape index (κ3) is 6.20. The van der Waals surface area contributed by atoms with E-state index < -0.39 is 12.8 Å². The minimum atomic E-state index is -0.429. The summed E-state index contributed by atoms with van der Waals surface area (Å²) in [7, 11) is 1.81. The van der Waals surface area contributed by atoms with E-state index in [0.29, 0.717) is 26.1 Å². The number of nitrogens with one attached hydrogen (secondary N) is 1. The lowest BCUT2D eigenvalue weighted by atomic mass is 10.2. The molecule has 1 aromatic rings. The van der Waals surface area contributed by atoms with E-state index in [1.165, 1.54) is 4.90 Å². The first kappa shape index (κ1) is 15.4. The molecular formula is C14H21FN2O2. The number of amides is 1. The Hall–Kier alpha value is -1.62. The highest BCUT2D eigenvalue weighted by atomic mass is 19.1. The predicted molar refractivity (Wildman–Crippen MR) is 72.7 cm³/mol. The van der Waals surface area contributed by atoms with Crippen LogP contribution in [-0.2, 0) is 11.3 Å². The largest absolute Gasteiger partial charge is 0.445 e. The lowest BCUT2D eigenvalue weighted by Gasteiger charge is -2.21. The number of benzene rings is 1. The van der Waals surface area contributed by atoms with Crippen molar-refractivity contribution in [3.8, 4) is 0 Å². The molecule has 0 fully saturated rings. The summed E-state index contributed by atoms with van der Waals surface area (Å²) in [6.45, 7) is 1.37. The Labute approximate surface area is 113 Å². The molecule has 106 valence electrons. The maximum absolute atomic E-state index is 12.2. The number of hydrogen-bond acceptors (Lipinski definition) is 3. The second kappa shape index (κ2) is 9.33. The first-order valence-electron chi connectivity index (χ1n) is 6.44. The fourth-order valence-corrected chi connectivity index (χ4v) is 1.60. The molecule has 0 unspecified atom stereocenters. The molecule has 0 aromatic heterocycles. The van der Waals surface area contributed by atoms with E-state index >= 15 is 0 Å².